The number of carbonyl (C=O) groups is 2. The predicted octanol–water partition coefficient (Wildman–Crippen LogP) is 1.72. The maximum absolute atomic E-state index is 10.2. The number of allylic oxidation sites excluding steroid dienone is 1. The van der Waals surface area contributed by atoms with Gasteiger partial charge in [-0.15, -0.1) is 11.6 Å². The number of aldehydes is 1. The van der Waals surface area contributed by atoms with Crippen LogP contribution in [0.1, 0.15) is 0 Å². The number of alkyl halides is 2. The van der Waals surface area contributed by atoms with Crippen LogP contribution in [0, 0.1) is 0 Å². The van der Waals surface area contributed by atoms with E-state index in [0.29, 0.717) is 6.29 Å². The van der Waals surface area contributed by atoms with Gasteiger partial charge in [-0.2, -0.15) is 0 Å². The maximum Gasteiger partial charge on any atom is 0.347 e. The molecule has 0 saturated heterocycles. The molecule has 1 unspecified atom stereocenters. The maximum atomic E-state index is 10.2. The summed E-state index contributed by atoms with van der Waals surface area (Å²) in [6, 6.07) is 0. The smallest absolute Gasteiger partial charge is 0.347 e. The molecule has 0 radical (unpaired) electrons. The Morgan fingerprint density at radius 2 is 2.09 bits per heavy atom. The molecule has 0 aromatic rings. The summed E-state index contributed by atoms with van der Waals surface area (Å²) in [6.07, 6.45) is 0.295. The summed E-state index contributed by atoms with van der Waals surface area (Å²) in [5.74, 6) is -1.38. The zero-order chi connectivity index (χ0) is 9.02. The van der Waals surface area contributed by atoms with Crippen molar-refractivity contribution in [1.82, 2.24) is 0 Å². The standard InChI is InChI=1S/C5H3BrCl2O3/c6-4(8)2(1-9)3(7)5(10)11/h1,4H,(H,10,11)/b3-2-. The van der Waals surface area contributed by atoms with Gasteiger partial charge in [-0.05, 0) is 0 Å². The van der Waals surface area contributed by atoms with Crippen molar-refractivity contribution in [3.8, 4) is 0 Å². The monoisotopic (exact) mass is 260 g/mol. The lowest BCUT2D eigenvalue weighted by molar-refractivity contribution is -0.132. The highest BCUT2D eigenvalue weighted by molar-refractivity contribution is 9.10. The summed E-state index contributed by atoms with van der Waals surface area (Å²) >= 11 is 13.4. The van der Waals surface area contributed by atoms with Crippen LogP contribution in [0.5, 0.6) is 0 Å². The van der Waals surface area contributed by atoms with Crippen molar-refractivity contribution in [2.45, 2.75) is 4.29 Å². The van der Waals surface area contributed by atoms with E-state index in [4.69, 9.17) is 28.3 Å². The second kappa shape index (κ2) is 4.74. The van der Waals surface area contributed by atoms with Gasteiger partial charge in [0.15, 0.2) is 0 Å². The quantitative estimate of drug-likeness (QED) is 0.478. The van der Waals surface area contributed by atoms with Gasteiger partial charge in [0.1, 0.15) is 15.6 Å². The molecule has 0 spiro atoms. The third kappa shape index (κ3) is 3.22. The van der Waals surface area contributed by atoms with E-state index in [1.165, 1.54) is 0 Å². The van der Waals surface area contributed by atoms with Crippen molar-refractivity contribution < 1.29 is 14.7 Å². The van der Waals surface area contributed by atoms with Gasteiger partial charge in [0, 0.05) is 5.57 Å². The average molecular weight is 262 g/mol. The van der Waals surface area contributed by atoms with E-state index < -0.39 is 15.3 Å². The Morgan fingerprint density at radius 3 is 2.18 bits per heavy atom. The highest BCUT2D eigenvalue weighted by Crippen LogP contribution is 2.20. The molecule has 0 aromatic carbocycles. The van der Waals surface area contributed by atoms with E-state index in [0.717, 1.165) is 0 Å². The fourth-order valence-corrected chi connectivity index (χ4v) is 1.16. The Bertz CT molecular complexity index is 212. The number of carboxylic acids is 1. The molecule has 0 heterocycles. The van der Waals surface area contributed by atoms with E-state index in [9.17, 15) is 9.59 Å². The Labute approximate surface area is 81.1 Å². The van der Waals surface area contributed by atoms with Crippen LogP contribution < -0.4 is 0 Å². The summed E-state index contributed by atoms with van der Waals surface area (Å²) in [6.45, 7) is 0. The minimum absolute atomic E-state index is 0.194. The zero-order valence-electron chi connectivity index (χ0n) is 5.05. The minimum atomic E-state index is -1.38. The lowest BCUT2D eigenvalue weighted by atomic mass is 10.3. The SMILES string of the molecule is O=C/C(=C(/Cl)C(=O)O)C(Cl)Br. The first-order chi connectivity index (χ1) is 5.00. The molecule has 0 amide bonds. The van der Waals surface area contributed by atoms with Gasteiger partial charge >= 0.3 is 5.97 Å². The van der Waals surface area contributed by atoms with Gasteiger partial charge in [-0.1, -0.05) is 27.5 Å². The van der Waals surface area contributed by atoms with Gasteiger partial charge in [0.2, 0.25) is 0 Å². The molecule has 0 fully saturated rings. The molecule has 1 atom stereocenters. The lowest BCUT2D eigenvalue weighted by Crippen LogP contribution is -2.05. The van der Waals surface area contributed by atoms with Crippen molar-refractivity contribution >= 4 is 51.4 Å². The number of halogens is 3. The average Bonchev–Trinajstić information content (AvgIpc) is 1.88. The normalized spacial score (nSPS) is 15.2. The molecule has 0 saturated carbocycles. The van der Waals surface area contributed by atoms with Crippen molar-refractivity contribution in [2.24, 2.45) is 0 Å². The fourth-order valence-electron chi connectivity index (χ4n) is 0.322. The van der Waals surface area contributed by atoms with Crippen LogP contribution in [0.4, 0.5) is 0 Å². The van der Waals surface area contributed by atoms with Gasteiger partial charge in [0.25, 0.3) is 0 Å². The van der Waals surface area contributed by atoms with E-state index in [2.05, 4.69) is 15.9 Å². The number of hydrogen-bond acceptors (Lipinski definition) is 2. The second-order valence-corrected chi connectivity index (χ2v) is 3.75. The molecule has 0 bridgehead atoms. The molecule has 0 aliphatic heterocycles. The van der Waals surface area contributed by atoms with Crippen LogP contribution in [0.3, 0.4) is 0 Å². The van der Waals surface area contributed by atoms with Crippen molar-refractivity contribution in [3.05, 3.63) is 10.6 Å². The first-order valence-electron chi connectivity index (χ1n) is 2.37. The topological polar surface area (TPSA) is 54.4 Å². The van der Waals surface area contributed by atoms with Crippen LogP contribution >= 0.6 is 39.1 Å². The van der Waals surface area contributed by atoms with Crippen LogP contribution in [0.2, 0.25) is 0 Å². The number of rotatable bonds is 3. The predicted molar refractivity (Wildman–Crippen MR) is 45.1 cm³/mol. The van der Waals surface area contributed by atoms with Gasteiger partial charge in [0.05, 0.1) is 0 Å². The fraction of sp³-hybridized carbons (Fsp3) is 0.200. The van der Waals surface area contributed by atoms with Gasteiger partial charge in [-0.25, -0.2) is 4.79 Å². The summed E-state index contributed by atoms with van der Waals surface area (Å²) in [5.41, 5.74) is -0.194. The van der Waals surface area contributed by atoms with Crippen LogP contribution in [-0.4, -0.2) is 21.6 Å². The highest BCUT2D eigenvalue weighted by Gasteiger charge is 2.16. The summed E-state index contributed by atoms with van der Waals surface area (Å²) in [5, 5.41) is 7.73. The summed E-state index contributed by atoms with van der Waals surface area (Å²) in [7, 11) is 0. The summed E-state index contributed by atoms with van der Waals surface area (Å²) < 4.78 is -0.872. The van der Waals surface area contributed by atoms with Crippen molar-refractivity contribution in [2.75, 3.05) is 0 Å². The first-order valence-corrected chi connectivity index (χ1v) is 4.10. The van der Waals surface area contributed by atoms with E-state index in [1.807, 2.05) is 0 Å². The van der Waals surface area contributed by atoms with Crippen LogP contribution in [0.25, 0.3) is 0 Å². The van der Waals surface area contributed by atoms with E-state index >= 15 is 0 Å². The number of carbonyl (C=O) groups excluding carboxylic acids is 1. The van der Waals surface area contributed by atoms with E-state index in [-0.39, 0.29) is 5.57 Å². The molecule has 1 N–H and O–H groups in total. The minimum Gasteiger partial charge on any atom is -0.477 e. The molecule has 11 heavy (non-hydrogen) atoms. The third-order valence-electron chi connectivity index (χ3n) is 0.803. The van der Waals surface area contributed by atoms with Crippen LogP contribution in [0.15, 0.2) is 10.6 Å². The third-order valence-corrected chi connectivity index (χ3v) is 1.91. The highest BCUT2D eigenvalue weighted by atomic mass is 79.9. The van der Waals surface area contributed by atoms with Crippen LogP contribution in [-0.2, 0) is 9.59 Å². The zero-order valence-corrected chi connectivity index (χ0v) is 8.15. The van der Waals surface area contributed by atoms with E-state index in [1.54, 1.807) is 0 Å². The molecule has 0 aliphatic carbocycles. The Hall–Kier alpha value is -0.0600. The largest absolute Gasteiger partial charge is 0.477 e. The molecular weight excluding hydrogens is 259 g/mol. The lowest BCUT2D eigenvalue weighted by Gasteiger charge is -1.99. The number of aliphatic carboxylic acids is 1. The number of carboxylic acid groups (broad SMARTS) is 1. The Kier molecular flexibility index (Phi) is 4.72. The molecule has 6 heteroatoms. The van der Waals surface area contributed by atoms with Gasteiger partial charge < -0.3 is 5.11 Å². The first kappa shape index (κ1) is 10.9. The molecular formula is C5H3BrCl2O3. The number of hydrogen-bond donors (Lipinski definition) is 1. The molecule has 3 nitrogen and oxygen atoms in total. The van der Waals surface area contributed by atoms with Crippen molar-refractivity contribution in [1.29, 1.82) is 0 Å². The molecule has 0 aromatic heterocycles. The molecule has 0 aliphatic rings. The van der Waals surface area contributed by atoms with Gasteiger partial charge in [-0.3, -0.25) is 4.79 Å². The summed E-state index contributed by atoms with van der Waals surface area (Å²) in [4.78, 5) is 20.3. The Balaban J connectivity index is 4.83. The molecule has 0 rings (SSSR count). The second-order valence-electron chi connectivity index (χ2n) is 1.49. The van der Waals surface area contributed by atoms with Crippen molar-refractivity contribution in [3.63, 3.8) is 0 Å². The Morgan fingerprint density at radius 1 is 1.64 bits per heavy atom. The molecule has 62 valence electrons.